The van der Waals surface area contributed by atoms with Gasteiger partial charge in [-0.3, -0.25) is 9.59 Å². The number of alkyl halides is 3. The van der Waals surface area contributed by atoms with Gasteiger partial charge >= 0.3 is 12.1 Å². The zero-order valence-electron chi connectivity index (χ0n) is 11.5. The van der Waals surface area contributed by atoms with Crippen molar-refractivity contribution in [2.24, 2.45) is 0 Å². The van der Waals surface area contributed by atoms with Gasteiger partial charge in [-0.1, -0.05) is 0 Å². The van der Waals surface area contributed by atoms with Crippen LogP contribution in [0.25, 0.3) is 0 Å². The summed E-state index contributed by atoms with van der Waals surface area (Å²) in [6.07, 6.45) is -4.46. The first-order chi connectivity index (χ1) is 10.3. The van der Waals surface area contributed by atoms with E-state index in [1.807, 2.05) is 0 Å². The summed E-state index contributed by atoms with van der Waals surface area (Å²) in [7, 11) is 1.20. The van der Waals surface area contributed by atoms with Crippen LogP contribution in [-0.2, 0) is 4.79 Å². The lowest BCUT2D eigenvalue weighted by Crippen LogP contribution is -2.19. The number of rotatable bonds is 8. The highest BCUT2D eigenvalue weighted by Crippen LogP contribution is 2.35. The molecule has 1 aromatic rings. The average molecular weight is 322 g/mol. The van der Waals surface area contributed by atoms with Crippen molar-refractivity contribution in [1.82, 2.24) is 0 Å². The number of hydrogen-bond acceptors (Lipinski definition) is 5. The lowest BCUT2D eigenvalue weighted by molar-refractivity contribution is -0.153. The molecule has 0 saturated carbocycles. The number of aldehydes is 1. The van der Waals surface area contributed by atoms with Crippen LogP contribution in [-0.4, -0.2) is 43.9 Å². The van der Waals surface area contributed by atoms with Gasteiger partial charge in [0.05, 0.1) is 25.7 Å². The van der Waals surface area contributed by atoms with E-state index < -0.39 is 18.8 Å². The van der Waals surface area contributed by atoms with Crippen LogP contribution in [0.1, 0.15) is 16.8 Å². The summed E-state index contributed by atoms with van der Waals surface area (Å²) in [5.41, 5.74) is 0.00148. The molecule has 0 bridgehead atoms. The van der Waals surface area contributed by atoms with Gasteiger partial charge in [0.1, 0.15) is 5.75 Å². The van der Waals surface area contributed by atoms with Crippen LogP contribution in [0, 0.1) is 0 Å². The Balaban J connectivity index is 2.98. The fourth-order valence-electron chi connectivity index (χ4n) is 1.45. The molecule has 0 aliphatic heterocycles. The monoisotopic (exact) mass is 322 g/mol. The molecule has 9 heteroatoms. The summed E-state index contributed by atoms with van der Waals surface area (Å²) >= 11 is 0. The Labute approximate surface area is 123 Å². The number of hydrogen-bond donors (Lipinski definition) is 1. The van der Waals surface area contributed by atoms with Gasteiger partial charge in [0.15, 0.2) is 24.4 Å². The molecule has 0 heterocycles. The first kappa shape index (κ1) is 17.6. The number of carboxylic acid groups (broad SMARTS) is 1. The van der Waals surface area contributed by atoms with Crippen LogP contribution < -0.4 is 14.2 Å². The fourth-order valence-corrected chi connectivity index (χ4v) is 1.45. The molecule has 0 aliphatic rings. The van der Waals surface area contributed by atoms with E-state index in [1.54, 1.807) is 0 Å². The molecule has 6 nitrogen and oxygen atoms in total. The van der Waals surface area contributed by atoms with Gasteiger partial charge in [-0.05, 0) is 6.07 Å². The highest BCUT2D eigenvalue weighted by atomic mass is 19.4. The second kappa shape index (κ2) is 7.53. The quantitative estimate of drug-likeness (QED) is 0.740. The van der Waals surface area contributed by atoms with Crippen molar-refractivity contribution in [2.75, 3.05) is 20.3 Å². The molecular weight excluding hydrogens is 309 g/mol. The summed E-state index contributed by atoms with van der Waals surface area (Å²) in [6.45, 7) is -1.79. The molecular formula is C13H13F3O6. The number of halogens is 3. The maximum absolute atomic E-state index is 12.2. The first-order valence-electron chi connectivity index (χ1n) is 5.98. The molecule has 0 spiro atoms. The van der Waals surface area contributed by atoms with Crippen molar-refractivity contribution < 1.29 is 42.1 Å². The lowest BCUT2D eigenvalue weighted by Gasteiger charge is -2.15. The second-order valence-corrected chi connectivity index (χ2v) is 4.05. The van der Waals surface area contributed by atoms with E-state index in [0.717, 1.165) is 12.1 Å². The molecule has 0 atom stereocenters. The van der Waals surface area contributed by atoms with Crippen LogP contribution in [0.15, 0.2) is 12.1 Å². The average Bonchev–Trinajstić information content (AvgIpc) is 2.43. The number of carboxylic acids is 1. The Morgan fingerprint density at radius 1 is 1.23 bits per heavy atom. The van der Waals surface area contributed by atoms with Gasteiger partial charge in [-0.2, -0.15) is 13.2 Å². The van der Waals surface area contributed by atoms with Crippen molar-refractivity contribution in [3.8, 4) is 17.2 Å². The Morgan fingerprint density at radius 3 is 2.41 bits per heavy atom. The zero-order valence-corrected chi connectivity index (χ0v) is 11.5. The second-order valence-electron chi connectivity index (χ2n) is 4.05. The molecule has 0 aromatic heterocycles. The van der Waals surface area contributed by atoms with Crippen LogP contribution in [0.4, 0.5) is 13.2 Å². The number of carbonyl (C=O) groups excluding carboxylic acids is 1. The molecule has 0 unspecified atom stereocenters. The van der Waals surface area contributed by atoms with E-state index in [9.17, 15) is 22.8 Å². The summed E-state index contributed by atoms with van der Waals surface area (Å²) in [5, 5.41) is 8.51. The van der Waals surface area contributed by atoms with Crippen LogP contribution >= 0.6 is 0 Å². The maximum Gasteiger partial charge on any atom is 0.422 e. The zero-order chi connectivity index (χ0) is 16.8. The summed E-state index contributed by atoms with van der Waals surface area (Å²) in [4.78, 5) is 21.4. The van der Waals surface area contributed by atoms with Crippen molar-refractivity contribution in [3.05, 3.63) is 17.7 Å². The fraction of sp³-hybridized carbons (Fsp3) is 0.385. The van der Waals surface area contributed by atoms with Crippen molar-refractivity contribution in [1.29, 1.82) is 0 Å². The predicted molar refractivity (Wildman–Crippen MR) is 67.7 cm³/mol. The summed E-state index contributed by atoms with van der Waals surface area (Å²) in [6, 6.07) is 2.20. The molecule has 0 aliphatic carbocycles. The van der Waals surface area contributed by atoms with Crippen LogP contribution in [0.2, 0.25) is 0 Å². The standard InChI is InChI=1S/C13H13F3O6/c1-20-10-4-8(6-17)9(21-3-2-12(18)19)5-11(10)22-7-13(14,15)16/h4-6H,2-3,7H2,1H3,(H,18,19). The van der Waals surface area contributed by atoms with E-state index in [4.69, 9.17) is 14.6 Å². The van der Waals surface area contributed by atoms with E-state index in [-0.39, 0.29) is 35.8 Å². The van der Waals surface area contributed by atoms with Crippen LogP contribution in [0.3, 0.4) is 0 Å². The molecule has 0 radical (unpaired) electrons. The van der Waals surface area contributed by atoms with E-state index in [2.05, 4.69) is 4.74 Å². The van der Waals surface area contributed by atoms with Gasteiger partial charge in [-0.25, -0.2) is 0 Å². The SMILES string of the molecule is COc1cc(C=O)c(OCCC(=O)O)cc1OCC(F)(F)F. The topological polar surface area (TPSA) is 82.1 Å². The van der Waals surface area contributed by atoms with Crippen molar-refractivity contribution in [2.45, 2.75) is 12.6 Å². The minimum Gasteiger partial charge on any atom is -0.493 e. The summed E-state index contributed by atoms with van der Waals surface area (Å²) in [5.74, 6) is -1.54. The minimum absolute atomic E-state index is 0.00148. The van der Waals surface area contributed by atoms with Gasteiger partial charge in [-0.15, -0.1) is 0 Å². The summed E-state index contributed by atoms with van der Waals surface area (Å²) < 4.78 is 51.1. The smallest absolute Gasteiger partial charge is 0.422 e. The third-order valence-electron chi connectivity index (χ3n) is 2.39. The lowest BCUT2D eigenvalue weighted by atomic mass is 10.2. The third kappa shape index (κ3) is 5.51. The maximum atomic E-state index is 12.2. The minimum atomic E-state index is -4.54. The van der Waals surface area contributed by atoms with Gasteiger partial charge < -0.3 is 19.3 Å². The molecule has 0 fully saturated rings. The van der Waals surface area contributed by atoms with E-state index in [0.29, 0.717) is 6.29 Å². The molecule has 0 amide bonds. The first-order valence-corrected chi connectivity index (χ1v) is 5.98. The number of carbonyl (C=O) groups is 2. The van der Waals surface area contributed by atoms with E-state index in [1.165, 1.54) is 7.11 Å². The number of methoxy groups -OCH3 is 1. The molecule has 1 rings (SSSR count). The number of ether oxygens (including phenoxy) is 3. The highest BCUT2D eigenvalue weighted by Gasteiger charge is 2.29. The normalized spacial score (nSPS) is 10.9. The van der Waals surface area contributed by atoms with Gasteiger partial charge in [0, 0.05) is 6.07 Å². The molecule has 0 saturated heterocycles. The third-order valence-corrected chi connectivity index (χ3v) is 2.39. The predicted octanol–water partition coefficient (Wildman–Crippen LogP) is 2.30. The Bertz CT molecular complexity index is 541. The number of aliphatic carboxylic acids is 1. The molecule has 122 valence electrons. The number of benzene rings is 1. The van der Waals surface area contributed by atoms with Gasteiger partial charge in [0.25, 0.3) is 0 Å². The Hall–Kier alpha value is -2.45. The van der Waals surface area contributed by atoms with Crippen LogP contribution in [0.5, 0.6) is 17.2 Å². The molecule has 22 heavy (non-hydrogen) atoms. The Morgan fingerprint density at radius 2 is 1.91 bits per heavy atom. The van der Waals surface area contributed by atoms with Crippen molar-refractivity contribution >= 4 is 12.3 Å². The molecule has 1 aromatic carbocycles. The Kier molecular flexibility index (Phi) is 6.02. The molecule has 1 N–H and O–H groups in total. The van der Waals surface area contributed by atoms with E-state index >= 15 is 0 Å². The largest absolute Gasteiger partial charge is 0.493 e. The highest BCUT2D eigenvalue weighted by molar-refractivity contribution is 5.81. The van der Waals surface area contributed by atoms with Crippen molar-refractivity contribution in [3.63, 3.8) is 0 Å². The van der Waals surface area contributed by atoms with Gasteiger partial charge in [0.2, 0.25) is 0 Å².